The summed E-state index contributed by atoms with van der Waals surface area (Å²) in [5.41, 5.74) is 2.37. The Morgan fingerprint density at radius 2 is 1.89 bits per heavy atom. The van der Waals surface area contributed by atoms with Crippen LogP contribution >= 0.6 is 0 Å². The number of ether oxygens (including phenoxy) is 1. The Labute approximate surface area is 222 Å². The van der Waals surface area contributed by atoms with Crippen LogP contribution in [0.3, 0.4) is 0 Å². The molecule has 0 bridgehead atoms. The number of likely N-dealkylation sites (N-methyl/N-ethyl adjacent to an activating group) is 1. The molecule has 2 saturated heterocycles. The number of rotatable bonds is 8. The molecule has 3 aromatic rings. The molecule has 1 aromatic heterocycles. The van der Waals surface area contributed by atoms with Crippen LogP contribution in [0, 0.1) is 18.7 Å². The summed E-state index contributed by atoms with van der Waals surface area (Å²) in [6.45, 7) is 7.64. The summed E-state index contributed by atoms with van der Waals surface area (Å²) < 4.78 is 21.4. The summed E-state index contributed by atoms with van der Waals surface area (Å²) in [5, 5.41) is 15.9. The van der Waals surface area contributed by atoms with E-state index in [0.29, 0.717) is 37.3 Å². The third kappa shape index (κ3) is 5.98. The Morgan fingerprint density at radius 3 is 2.61 bits per heavy atom. The van der Waals surface area contributed by atoms with E-state index in [1.54, 1.807) is 21.9 Å². The van der Waals surface area contributed by atoms with Gasteiger partial charge < -0.3 is 15.4 Å². The summed E-state index contributed by atoms with van der Waals surface area (Å²) in [5.74, 6) is 1.21. The molecule has 2 amide bonds. The smallest absolute Gasteiger partial charge is 0.320 e. The van der Waals surface area contributed by atoms with Crippen molar-refractivity contribution in [2.24, 2.45) is 5.92 Å². The number of carbonyl (C=O) groups is 1. The van der Waals surface area contributed by atoms with Gasteiger partial charge in [0.1, 0.15) is 17.7 Å². The van der Waals surface area contributed by atoms with Crippen LogP contribution in [0.1, 0.15) is 37.0 Å². The number of aromatic nitrogens is 2. The Balaban J connectivity index is 1.34. The van der Waals surface area contributed by atoms with Gasteiger partial charge in [0.15, 0.2) is 0 Å². The molecule has 2 aliphatic rings. The highest BCUT2D eigenvalue weighted by Crippen LogP contribution is 2.31. The van der Waals surface area contributed by atoms with Crippen molar-refractivity contribution in [2.45, 2.75) is 38.8 Å². The molecule has 0 saturated carbocycles. The Kier molecular flexibility index (Phi) is 8.21. The maximum absolute atomic E-state index is 13.5. The van der Waals surface area contributed by atoms with Crippen LogP contribution in [0.5, 0.6) is 5.88 Å². The third-order valence-corrected chi connectivity index (χ3v) is 7.12. The molecule has 38 heavy (non-hydrogen) atoms. The molecule has 10 heteroatoms. The van der Waals surface area contributed by atoms with Crippen LogP contribution in [0.25, 0.3) is 5.69 Å². The number of hydrogen-bond donors (Lipinski definition) is 3. The predicted octanol–water partition coefficient (Wildman–Crippen LogP) is 4.20. The van der Waals surface area contributed by atoms with Gasteiger partial charge in [-0.15, -0.1) is 5.10 Å². The fourth-order valence-electron chi connectivity index (χ4n) is 4.94. The average Bonchev–Trinajstić information content (AvgIpc) is 3.49. The number of anilines is 1. The van der Waals surface area contributed by atoms with Crippen LogP contribution in [-0.4, -0.2) is 59.7 Å². The van der Waals surface area contributed by atoms with Crippen molar-refractivity contribution in [3.05, 3.63) is 71.5 Å². The summed E-state index contributed by atoms with van der Waals surface area (Å²) in [4.78, 5) is 19.3. The molecule has 2 aromatic carbocycles. The van der Waals surface area contributed by atoms with E-state index in [1.807, 2.05) is 44.2 Å². The minimum Gasteiger partial charge on any atom is -0.476 e. The number of hydroxylamine groups is 2. The van der Waals surface area contributed by atoms with Gasteiger partial charge in [-0.3, -0.25) is 10.2 Å². The van der Waals surface area contributed by atoms with Crippen molar-refractivity contribution in [3.8, 4) is 11.6 Å². The molecule has 5 rings (SSSR count). The molecule has 2 atom stereocenters. The van der Waals surface area contributed by atoms with Gasteiger partial charge in [-0.25, -0.2) is 13.9 Å². The van der Waals surface area contributed by atoms with E-state index in [4.69, 9.17) is 14.7 Å². The zero-order valence-corrected chi connectivity index (χ0v) is 21.8. The van der Waals surface area contributed by atoms with Gasteiger partial charge in [0.2, 0.25) is 5.88 Å². The molecular formula is C28H35FN6O3. The summed E-state index contributed by atoms with van der Waals surface area (Å²) in [6.07, 6.45) is 1.71. The van der Waals surface area contributed by atoms with E-state index in [2.05, 4.69) is 16.0 Å². The van der Waals surface area contributed by atoms with E-state index in [-0.39, 0.29) is 17.9 Å². The first-order valence-electron chi connectivity index (χ1n) is 13.2. The second-order valence-corrected chi connectivity index (χ2v) is 9.79. The lowest BCUT2D eigenvalue weighted by Crippen LogP contribution is -2.42. The lowest BCUT2D eigenvalue weighted by Gasteiger charge is -2.22. The van der Waals surface area contributed by atoms with E-state index in [0.717, 1.165) is 42.7 Å². The van der Waals surface area contributed by atoms with E-state index >= 15 is 0 Å². The summed E-state index contributed by atoms with van der Waals surface area (Å²) in [6, 6.07) is 15.1. The van der Waals surface area contributed by atoms with E-state index < -0.39 is 6.10 Å². The topological polar surface area (TPSA) is 92.7 Å². The molecule has 0 unspecified atom stereocenters. The molecule has 3 heterocycles. The van der Waals surface area contributed by atoms with Crippen LogP contribution in [-0.2, 0) is 4.84 Å². The second kappa shape index (κ2) is 11.9. The Hall–Kier alpha value is -3.47. The van der Waals surface area contributed by atoms with Crippen molar-refractivity contribution >= 4 is 11.8 Å². The standard InChI is InChI=1S/C28H35FN6O3/c1-3-34-17-24(25(38-34)21-9-11-22(29)12-10-21)31-28(36)32-26-19(2)27(37-18-20-13-15-30-16-14-20)33-35(26)23-7-5-4-6-8-23/h4-12,20,24-25,30H,3,13-18H2,1-2H3,(H2,31,32,36)/t24-,25+/m1/s1. The number of carbonyl (C=O) groups excluding carboxylic acids is 1. The third-order valence-electron chi connectivity index (χ3n) is 7.12. The monoisotopic (exact) mass is 522 g/mol. The van der Waals surface area contributed by atoms with Crippen LogP contribution in [0.4, 0.5) is 15.0 Å². The largest absolute Gasteiger partial charge is 0.476 e. The maximum Gasteiger partial charge on any atom is 0.320 e. The maximum atomic E-state index is 13.5. The van der Waals surface area contributed by atoms with Crippen molar-refractivity contribution in [1.29, 1.82) is 0 Å². The normalized spacial score (nSPS) is 20.4. The zero-order valence-electron chi connectivity index (χ0n) is 21.8. The zero-order chi connectivity index (χ0) is 26.5. The highest BCUT2D eigenvalue weighted by molar-refractivity contribution is 5.90. The number of nitrogens with zero attached hydrogens (tertiary/aromatic N) is 3. The SMILES string of the molecule is CCN1C[C@@H](NC(=O)Nc2c(C)c(OCC3CCNCC3)nn2-c2ccccc2)[C@H](c2ccc(F)cc2)O1. The van der Waals surface area contributed by atoms with Crippen LogP contribution in [0.2, 0.25) is 0 Å². The minimum atomic E-state index is -0.426. The summed E-state index contributed by atoms with van der Waals surface area (Å²) in [7, 11) is 0. The number of urea groups is 1. The Bertz CT molecular complexity index is 1210. The quantitative estimate of drug-likeness (QED) is 0.411. The number of nitrogens with one attached hydrogen (secondary N) is 3. The molecule has 202 valence electrons. The van der Waals surface area contributed by atoms with Gasteiger partial charge in [-0.2, -0.15) is 5.06 Å². The first kappa shape index (κ1) is 26.1. The van der Waals surface area contributed by atoms with Crippen LogP contribution in [0.15, 0.2) is 54.6 Å². The van der Waals surface area contributed by atoms with Gasteiger partial charge in [-0.05, 0) is 68.6 Å². The number of halogens is 1. The predicted molar refractivity (Wildman–Crippen MR) is 143 cm³/mol. The van der Waals surface area contributed by atoms with Gasteiger partial charge >= 0.3 is 6.03 Å². The highest BCUT2D eigenvalue weighted by Gasteiger charge is 2.36. The number of amides is 2. The van der Waals surface area contributed by atoms with Crippen molar-refractivity contribution in [2.75, 3.05) is 38.1 Å². The van der Waals surface area contributed by atoms with Crippen molar-refractivity contribution < 1.29 is 18.8 Å². The van der Waals surface area contributed by atoms with Gasteiger partial charge in [0, 0.05) is 13.1 Å². The number of piperidine rings is 1. The summed E-state index contributed by atoms with van der Waals surface area (Å²) >= 11 is 0. The average molecular weight is 523 g/mol. The number of para-hydroxylation sites is 1. The second-order valence-electron chi connectivity index (χ2n) is 9.79. The fraction of sp³-hybridized carbons (Fsp3) is 0.429. The van der Waals surface area contributed by atoms with Gasteiger partial charge in [0.05, 0.1) is 23.9 Å². The minimum absolute atomic E-state index is 0.316. The molecule has 2 aliphatic heterocycles. The number of hydrogen-bond acceptors (Lipinski definition) is 6. The molecule has 2 fully saturated rings. The van der Waals surface area contributed by atoms with Crippen molar-refractivity contribution in [1.82, 2.24) is 25.5 Å². The fourth-order valence-corrected chi connectivity index (χ4v) is 4.94. The van der Waals surface area contributed by atoms with Gasteiger partial charge in [-0.1, -0.05) is 37.3 Å². The molecule has 0 spiro atoms. The van der Waals surface area contributed by atoms with Gasteiger partial charge in [0.25, 0.3) is 0 Å². The lowest BCUT2D eigenvalue weighted by molar-refractivity contribution is -0.144. The van der Waals surface area contributed by atoms with E-state index in [9.17, 15) is 9.18 Å². The Morgan fingerprint density at radius 1 is 1.16 bits per heavy atom. The highest BCUT2D eigenvalue weighted by atomic mass is 19.1. The first-order valence-corrected chi connectivity index (χ1v) is 13.2. The molecular weight excluding hydrogens is 487 g/mol. The van der Waals surface area contributed by atoms with Crippen molar-refractivity contribution in [3.63, 3.8) is 0 Å². The molecule has 0 aliphatic carbocycles. The number of benzene rings is 2. The molecule has 9 nitrogen and oxygen atoms in total. The lowest BCUT2D eigenvalue weighted by atomic mass is 9.99. The van der Waals surface area contributed by atoms with E-state index in [1.165, 1.54) is 12.1 Å². The molecule has 3 N–H and O–H groups in total. The van der Waals surface area contributed by atoms with Crippen LogP contribution < -0.4 is 20.7 Å². The first-order chi connectivity index (χ1) is 18.5. The molecule has 0 radical (unpaired) electrons.